The summed E-state index contributed by atoms with van der Waals surface area (Å²) in [6.45, 7) is 9.86. The SMILES string of the molecule is Cc1cccc(C)c1N1CCC(C)(C)C(C(=O)O)C1. The van der Waals surface area contributed by atoms with E-state index in [1.165, 1.54) is 16.8 Å². The minimum Gasteiger partial charge on any atom is -0.481 e. The number of hydrogen-bond acceptors (Lipinski definition) is 2. The van der Waals surface area contributed by atoms with Crippen LogP contribution in [0.3, 0.4) is 0 Å². The Morgan fingerprint density at radius 3 is 2.42 bits per heavy atom. The van der Waals surface area contributed by atoms with Crippen molar-refractivity contribution >= 4 is 11.7 Å². The minimum atomic E-state index is -0.680. The molecule has 1 unspecified atom stereocenters. The number of para-hydroxylation sites is 1. The van der Waals surface area contributed by atoms with Crippen LogP contribution in [0.2, 0.25) is 0 Å². The first-order valence-electron chi connectivity index (χ1n) is 6.87. The molecule has 1 aliphatic heterocycles. The van der Waals surface area contributed by atoms with Gasteiger partial charge in [-0.2, -0.15) is 0 Å². The van der Waals surface area contributed by atoms with Gasteiger partial charge in [-0.3, -0.25) is 4.79 Å². The second-order valence-electron chi connectivity index (χ2n) is 6.32. The Kier molecular flexibility index (Phi) is 3.57. The van der Waals surface area contributed by atoms with Crippen LogP contribution in [0.15, 0.2) is 18.2 Å². The topological polar surface area (TPSA) is 40.5 Å². The average Bonchev–Trinajstić information content (AvgIpc) is 2.30. The minimum absolute atomic E-state index is 0.126. The first-order valence-corrected chi connectivity index (χ1v) is 6.87. The number of carboxylic acid groups (broad SMARTS) is 1. The average molecular weight is 261 g/mol. The molecule has 104 valence electrons. The zero-order chi connectivity index (χ0) is 14.2. The van der Waals surface area contributed by atoms with E-state index in [9.17, 15) is 9.90 Å². The molecule has 19 heavy (non-hydrogen) atoms. The van der Waals surface area contributed by atoms with E-state index in [1.54, 1.807) is 0 Å². The molecule has 1 saturated heterocycles. The third-order valence-electron chi connectivity index (χ3n) is 4.43. The van der Waals surface area contributed by atoms with Crippen LogP contribution in [0, 0.1) is 25.2 Å². The van der Waals surface area contributed by atoms with Crippen LogP contribution >= 0.6 is 0 Å². The van der Waals surface area contributed by atoms with Crippen molar-refractivity contribution < 1.29 is 9.90 Å². The highest BCUT2D eigenvalue weighted by atomic mass is 16.4. The number of rotatable bonds is 2. The first-order chi connectivity index (χ1) is 8.83. The Morgan fingerprint density at radius 2 is 1.89 bits per heavy atom. The Labute approximate surface area is 115 Å². The number of benzene rings is 1. The van der Waals surface area contributed by atoms with Gasteiger partial charge < -0.3 is 10.0 Å². The summed E-state index contributed by atoms with van der Waals surface area (Å²) in [6, 6.07) is 6.24. The molecule has 1 aliphatic rings. The summed E-state index contributed by atoms with van der Waals surface area (Å²) >= 11 is 0. The number of carboxylic acids is 1. The maximum absolute atomic E-state index is 11.5. The molecule has 1 aromatic carbocycles. The van der Waals surface area contributed by atoms with E-state index in [-0.39, 0.29) is 11.3 Å². The maximum atomic E-state index is 11.5. The van der Waals surface area contributed by atoms with Crippen LogP contribution in [-0.4, -0.2) is 24.2 Å². The molecule has 0 radical (unpaired) electrons. The highest BCUT2D eigenvalue weighted by Crippen LogP contribution is 2.38. The molecule has 0 amide bonds. The van der Waals surface area contributed by atoms with E-state index in [0.29, 0.717) is 6.54 Å². The van der Waals surface area contributed by atoms with E-state index in [2.05, 4.69) is 50.8 Å². The van der Waals surface area contributed by atoms with Gasteiger partial charge in [0.1, 0.15) is 0 Å². The number of hydrogen-bond donors (Lipinski definition) is 1. The zero-order valence-electron chi connectivity index (χ0n) is 12.2. The highest BCUT2D eigenvalue weighted by Gasteiger charge is 2.40. The first kappa shape index (κ1) is 13.9. The van der Waals surface area contributed by atoms with E-state index >= 15 is 0 Å². The Bertz CT molecular complexity index is 473. The second kappa shape index (κ2) is 4.87. The normalized spacial score (nSPS) is 22.3. The standard InChI is InChI=1S/C16H23NO2/c1-11-6-5-7-12(2)14(11)17-9-8-16(3,4)13(10-17)15(18)19/h5-7,13H,8-10H2,1-4H3,(H,18,19). The number of carbonyl (C=O) groups is 1. The fraction of sp³-hybridized carbons (Fsp3) is 0.562. The van der Waals surface area contributed by atoms with E-state index in [0.717, 1.165) is 13.0 Å². The number of aliphatic carboxylic acids is 1. The van der Waals surface area contributed by atoms with Crippen LogP contribution < -0.4 is 4.90 Å². The summed E-state index contributed by atoms with van der Waals surface area (Å²) in [7, 11) is 0. The molecule has 0 saturated carbocycles. The smallest absolute Gasteiger partial charge is 0.308 e. The molecule has 3 nitrogen and oxygen atoms in total. The van der Waals surface area contributed by atoms with Gasteiger partial charge in [-0.05, 0) is 36.8 Å². The van der Waals surface area contributed by atoms with E-state index < -0.39 is 5.97 Å². The van der Waals surface area contributed by atoms with Crippen molar-refractivity contribution in [3.63, 3.8) is 0 Å². The van der Waals surface area contributed by atoms with Crippen LogP contribution in [0.4, 0.5) is 5.69 Å². The molecule has 0 aliphatic carbocycles. The van der Waals surface area contributed by atoms with Crippen LogP contribution in [-0.2, 0) is 4.79 Å². The predicted molar refractivity (Wildman–Crippen MR) is 77.7 cm³/mol. The molecule has 1 heterocycles. The van der Waals surface area contributed by atoms with Gasteiger partial charge in [0.05, 0.1) is 5.92 Å². The van der Waals surface area contributed by atoms with Crippen molar-refractivity contribution in [3.05, 3.63) is 29.3 Å². The molecule has 1 atom stereocenters. The van der Waals surface area contributed by atoms with Crippen molar-refractivity contribution in [2.75, 3.05) is 18.0 Å². The number of anilines is 1. The summed E-state index contributed by atoms with van der Waals surface area (Å²) in [4.78, 5) is 13.7. The third kappa shape index (κ3) is 2.60. The highest BCUT2D eigenvalue weighted by molar-refractivity contribution is 5.73. The lowest BCUT2D eigenvalue weighted by Crippen LogP contribution is -2.48. The van der Waals surface area contributed by atoms with Crippen LogP contribution in [0.1, 0.15) is 31.4 Å². The molecule has 1 N–H and O–H groups in total. The fourth-order valence-corrected chi connectivity index (χ4v) is 3.08. The monoisotopic (exact) mass is 261 g/mol. The largest absolute Gasteiger partial charge is 0.481 e. The lowest BCUT2D eigenvalue weighted by atomic mass is 9.73. The molecular weight excluding hydrogens is 238 g/mol. The summed E-state index contributed by atoms with van der Waals surface area (Å²) in [6.07, 6.45) is 0.914. The molecule has 2 rings (SSSR count). The Hall–Kier alpha value is -1.51. The lowest BCUT2D eigenvalue weighted by molar-refractivity contribution is -0.146. The molecule has 3 heteroatoms. The summed E-state index contributed by atoms with van der Waals surface area (Å²) in [5.41, 5.74) is 3.54. The quantitative estimate of drug-likeness (QED) is 0.888. The van der Waals surface area contributed by atoms with Gasteiger partial charge in [0, 0.05) is 18.8 Å². The van der Waals surface area contributed by atoms with Crippen molar-refractivity contribution in [1.82, 2.24) is 0 Å². The van der Waals surface area contributed by atoms with Crippen molar-refractivity contribution in [1.29, 1.82) is 0 Å². The lowest BCUT2D eigenvalue weighted by Gasteiger charge is -2.43. The van der Waals surface area contributed by atoms with Gasteiger partial charge in [-0.25, -0.2) is 0 Å². The summed E-state index contributed by atoms with van der Waals surface area (Å²) < 4.78 is 0. The number of piperidine rings is 1. The summed E-state index contributed by atoms with van der Waals surface area (Å²) in [5.74, 6) is -0.985. The molecule has 1 aromatic rings. The van der Waals surface area contributed by atoms with E-state index in [4.69, 9.17) is 0 Å². The number of aryl methyl sites for hydroxylation is 2. The molecule has 1 fully saturated rings. The fourth-order valence-electron chi connectivity index (χ4n) is 3.08. The van der Waals surface area contributed by atoms with Gasteiger partial charge in [0.2, 0.25) is 0 Å². The maximum Gasteiger partial charge on any atom is 0.308 e. The molecule has 0 spiro atoms. The van der Waals surface area contributed by atoms with Crippen molar-refractivity contribution in [2.45, 2.75) is 34.1 Å². The molecule has 0 aromatic heterocycles. The van der Waals surface area contributed by atoms with Gasteiger partial charge >= 0.3 is 5.97 Å². The number of nitrogens with zero attached hydrogens (tertiary/aromatic N) is 1. The van der Waals surface area contributed by atoms with Crippen LogP contribution in [0.5, 0.6) is 0 Å². The predicted octanol–water partition coefficient (Wildman–Crippen LogP) is 3.24. The van der Waals surface area contributed by atoms with Crippen LogP contribution in [0.25, 0.3) is 0 Å². The van der Waals surface area contributed by atoms with Gasteiger partial charge in [-0.15, -0.1) is 0 Å². The Morgan fingerprint density at radius 1 is 1.32 bits per heavy atom. The van der Waals surface area contributed by atoms with Gasteiger partial charge in [0.15, 0.2) is 0 Å². The molecular formula is C16H23NO2. The third-order valence-corrected chi connectivity index (χ3v) is 4.43. The van der Waals surface area contributed by atoms with Crippen molar-refractivity contribution in [3.8, 4) is 0 Å². The van der Waals surface area contributed by atoms with Crippen molar-refractivity contribution in [2.24, 2.45) is 11.3 Å². The molecule has 0 bridgehead atoms. The van der Waals surface area contributed by atoms with Gasteiger partial charge in [-0.1, -0.05) is 32.0 Å². The van der Waals surface area contributed by atoms with Gasteiger partial charge in [0.25, 0.3) is 0 Å². The Balaban J connectivity index is 2.31. The summed E-state index contributed by atoms with van der Waals surface area (Å²) in [5, 5.41) is 9.45. The zero-order valence-corrected chi connectivity index (χ0v) is 12.2. The van der Waals surface area contributed by atoms with E-state index in [1.807, 2.05) is 0 Å². The second-order valence-corrected chi connectivity index (χ2v) is 6.32.